The number of nitrogens with zero attached hydrogens (tertiary/aromatic N) is 5. The molecule has 0 fully saturated rings. The molecular formula is C24H22N6. The second-order valence-corrected chi connectivity index (χ2v) is 8.00. The van der Waals surface area contributed by atoms with Gasteiger partial charge in [-0.2, -0.15) is 4.98 Å². The molecule has 0 spiro atoms. The molecule has 1 aliphatic rings. The molecule has 0 aliphatic carbocycles. The average Bonchev–Trinajstić information content (AvgIpc) is 3.38. The third-order valence-corrected chi connectivity index (χ3v) is 6.07. The van der Waals surface area contributed by atoms with Crippen molar-refractivity contribution in [1.82, 2.24) is 29.4 Å². The minimum atomic E-state index is 0.645. The standard InChI is InChI=1S/C24H22N6/c1-15-4-3-5-20-21(15)26-14-30(20)24-27-22(19-9-11-29(2)23(19)28-24)17-6-7-18-13-25-10-8-16(18)12-17/h3-7,9,11-12,14,25H,8,10,13H2,1-2H3. The van der Waals surface area contributed by atoms with Gasteiger partial charge in [-0.25, -0.2) is 9.97 Å². The zero-order chi connectivity index (χ0) is 20.2. The molecule has 148 valence electrons. The summed E-state index contributed by atoms with van der Waals surface area (Å²) in [6, 6.07) is 15.0. The van der Waals surface area contributed by atoms with E-state index in [0.717, 1.165) is 58.4 Å². The first-order chi connectivity index (χ1) is 14.7. The molecule has 6 rings (SSSR count). The van der Waals surface area contributed by atoms with Crippen LogP contribution in [0.25, 0.3) is 39.3 Å². The van der Waals surface area contributed by atoms with E-state index in [-0.39, 0.29) is 0 Å². The summed E-state index contributed by atoms with van der Waals surface area (Å²) in [6.45, 7) is 4.03. The molecule has 6 nitrogen and oxygen atoms in total. The van der Waals surface area contributed by atoms with Crippen molar-refractivity contribution in [3.05, 3.63) is 71.7 Å². The van der Waals surface area contributed by atoms with Gasteiger partial charge in [0.05, 0.1) is 16.7 Å². The van der Waals surface area contributed by atoms with Crippen molar-refractivity contribution in [2.24, 2.45) is 7.05 Å². The highest BCUT2D eigenvalue weighted by atomic mass is 15.2. The molecule has 0 radical (unpaired) electrons. The van der Waals surface area contributed by atoms with Crippen LogP contribution in [0.1, 0.15) is 16.7 Å². The molecular weight excluding hydrogens is 372 g/mol. The van der Waals surface area contributed by atoms with Crippen LogP contribution < -0.4 is 5.32 Å². The fourth-order valence-electron chi connectivity index (χ4n) is 4.42. The SMILES string of the molecule is Cc1cccc2c1ncn2-c1nc(-c2ccc3c(c2)CCNC3)c2ccn(C)c2n1. The van der Waals surface area contributed by atoms with Crippen molar-refractivity contribution >= 4 is 22.1 Å². The van der Waals surface area contributed by atoms with Crippen LogP contribution in [0, 0.1) is 6.92 Å². The normalized spacial score (nSPS) is 13.8. The molecule has 5 aromatic rings. The number of benzene rings is 2. The summed E-state index contributed by atoms with van der Waals surface area (Å²) in [5.74, 6) is 0.645. The lowest BCUT2D eigenvalue weighted by Crippen LogP contribution is -2.23. The van der Waals surface area contributed by atoms with Gasteiger partial charge in [-0.3, -0.25) is 4.57 Å². The van der Waals surface area contributed by atoms with Gasteiger partial charge in [0.1, 0.15) is 12.0 Å². The molecule has 0 saturated heterocycles. The Kier molecular flexibility index (Phi) is 3.76. The highest BCUT2D eigenvalue weighted by Crippen LogP contribution is 2.30. The number of fused-ring (bicyclic) bond motifs is 3. The lowest BCUT2D eigenvalue weighted by molar-refractivity contribution is 0.644. The van der Waals surface area contributed by atoms with Crippen molar-refractivity contribution in [2.75, 3.05) is 6.54 Å². The second-order valence-electron chi connectivity index (χ2n) is 8.00. The molecule has 1 aliphatic heterocycles. The van der Waals surface area contributed by atoms with Gasteiger partial charge in [0.15, 0.2) is 0 Å². The van der Waals surface area contributed by atoms with Crippen LogP contribution in [-0.4, -0.2) is 30.6 Å². The second kappa shape index (κ2) is 6.50. The minimum Gasteiger partial charge on any atom is -0.335 e. The van der Waals surface area contributed by atoms with Gasteiger partial charge in [-0.15, -0.1) is 0 Å². The smallest absolute Gasteiger partial charge is 0.238 e. The Morgan fingerprint density at radius 2 is 1.97 bits per heavy atom. The number of para-hydroxylation sites is 1. The van der Waals surface area contributed by atoms with Crippen LogP contribution in [0.5, 0.6) is 0 Å². The lowest BCUT2D eigenvalue weighted by atomic mass is 9.96. The Bertz CT molecular complexity index is 1420. The molecule has 0 bridgehead atoms. The van der Waals surface area contributed by atoms with E-state index in [2.05, 4.69) is 64.3 Å². The zero-order valence-electron chi connectivity index (χ0n) is 17.1. The fraction of sp³-hybridized carbons (Fsp3) is 0.208. The van der Waals surface area contributed by atoms with Gasteiger partial charge < -0.3 is 9.88 Å². The fourth-order valence-corrected chi connectivity index (χ4v) is 4.42. The first-order valence-corrected chi connectivity index (χ1v) is 10.3. The van der Waals surface area contributed by atoms with Crippen LogP contribution in [0.2, 0.25) is 0 Å². The Labute approximate surface area is 174 Å². The molecule has 30 heavy (non-hydrogen) atoms. The van der Waals surface area contributed by atoms with Crippen LogP contribution in [0.3, 0.4) is 0 Å². The molecule has 3 aromatic heterocycles. The molecule has 0 atom stereocenters. The van der Waals surface area contributed by atoms with Gasteiger partial charge in [0.25, 0.3) is 0 Å². The van der Waals surface area contributed by atoms with Gasteiger partial charge >= 0.3 is 0 Å². The van der Waals surface area contributed by atoms with Crippen molar-refractivity contribution in [3.8, 4) is 17.2 Å². The lowest BCUT2D eigenvalue weighted by Gasteiger charge is -2.18. The maximum Gasteiger partial charge on any atom is 0.238 e. The van der Waals surface area contributed by atoms with E-state index in [0.29, 0.717) is 5.95 Å². The number of rotatable bonds is 2. The topological polar surface area (TPSA) is 60.6 Å². The first-order valence-electron chi connectivity index (χ1n) is 10.3. The highest BCUT2D eigenvalue weighted by Gasteiger charge is 2.17. The summed E-state index contributed by atoms with van der Waals surface area (Å²) in [4.78, 5) is 14.5. The predicted octanol–water partition coefficient (Wildman–Crippen LogP) is 3.93. The van der Waals surface area contributed by atoms with Crippen molar-refractivity contribution < 1.29 is 0 Å². The van der Waals surface area contributed by atoms with Crippen LogP contribution in [-0.2, 0) is 20.0 Å². The van der Waals surface area contributed by atoms with Gasteiger partial charge in [-0.05, 0) is 54.8 Å². The Balaban J connectivity index is 1.60. The van der Waals surface area contributed by atoms with E-state index in [1.54, 1.807) is 0 Å². The molecule has 0 saturated carbocycles. The summed E-state index contributed by atoms with van der Waals surface area (Å²) in [5, 5.41) is 4.51. The van der Waals surface area contributed by atoms with E-state index >= 15 is 0 Å². The maximum atomic E-state index is 5.04. The van der Waals surface area contributed by atoms with E-state index < -0.39 is 0 Å². The van der Waals surface area contributed by atoms with E-state index in [4.69, 9.17) is 9.97 Å². The van der Waals surface area contributed by atoms with Crippen LogP contribution >= 0.6 is 0 Å². The molecule has 4 heterocycles. The zero-order valence-corrected chi connectivity index (χ0v) is 17.1. The molecule has 0 amide bonds. The first kappa shape index (κ1) is 17.4. The number of hydrogen-bond acceptors (Lipinski definition) is 4. The Morgan fingerprint density at radius 1 is 1.03 bits per heavy atom. The molecule has 1 N–H and O–H groups in total. The van der Waals surface area contributed by atoms with Gasteiger partial charge in [0.2, 0.25) is 5.95 Å². The summed E-state index contributed by atoms with van der Waals surface area (Å²) in [5.41, 5.74) is 8.95. The average molecular weight is 394 g/mol. The van der Waals surface area contributed by atoms with Crippen LogP contribution in [0.15, 0.2) is 55.0 Å². The summed E-state index contributed by atoms with van der Waals surface area (Å²) in [6.07, 6.45) is 4.92. The summed E-state index contributed by atoms with van der Waals surface area (Å²) in [7, 11) is 2.03. The third kappa shape index (κ3) is 2.57. The number of imidazole rings is 1. The molecule has 2 aromatic carbocycles. The van der Waals surface area contributed by atoms with Gasteiger partial charge in [0, 0.05) is 30.7 Å². The number of aryl methyl sites for hydroxylation is 2. The highest BCUT2D eigenvalue weighted by molar-refractivity contribution is 5.92. The quantitative estimate of drug-likeness (QED) is 0.493. The molecule has 6 heteroatoms. The van der Waals surface area contributed by atoms with E-state index in [1.807, 2.05) is 24.1 Å². The third-order valence-electron chi connectivity index (χ3n) is 6.07. The monoisotopic (exact) mass is 394 g/mol. The Hall–Kier alpha value is -3.51. The number of aromatic nitrogens is 5. The van der Waals surface area contributed by atoms with Crippen molar-refractivity contribution in [2.45, 2.75) is 19.9 Å². The van der Waals surface area contributed by atoms with Gasteiger partial charge in [-0.1, -0.05) is 24.3 Å². The number of nitrogens with one attached hydrogen (secondary N) is 1. The van der Waals surface area contributed by atoms with Crippen molar-refractivity contribution in [3.63, 3.8) is 0 Å². The maximum absolute atomic E-state index is 5.04. The van der Waals surface area contributed by atoms with E-state index in [1.165, 1.54) is 11.1 Å². The van der Waals surface area contributed by atoms with Crippen molar-refractivity contribution in [1.29, 1.82) is 0 Å². The van der Waals surface area contributed by atoms with Crippen LogP contribution in [0.4, 0.5) is 0 Å². The van der Waals surface area contributed by atoms with E-state index in [9.17, 15) is 0 Å². The largest absolute Gasteiger partial charge is 0.335 e. The molecule has 0 unspecified atom stereocenters. The Morgan fingerprint density at radius 3 is 2.90 bits per heavy atom. The summed E-state index contributed by atoms with van der Waals surface area (Å²) >= 11 is 0. The minimum absolute atomic E-state index is 0.645. The number of hydrogen-bond donors (Lipinski definition) is 1. The summed E-state index contributed by atoms with van der Waals surface area (Å²) < 4.78 is 4.04. The predicted molar refractivity (Wildman–Crippen MR) is 119 cm³/mol.